The molecule has 0 bridgehead atoms. The molecule has 0 aromatic heterocycles. The van der Waals surface area contributed by atoms with E-state index in [-0.39, 0.29) is 0 Å². The van der Waals surface area contributed by atoms with Gasteiger partial charge in [-0.1, -0.05) is 273 Å². The molecule has 0 spiro atoms. The van der Waals surface area contributed by atoms with Gasteiger partial charge in [0.2, 0.25) is 0 Å². The summed E-state index contributed by atoms with van der Waals surface area (Å²) >= 11 is 0. The Hall–Kier alpha value is -0.175. The van der Waals surface area contributed by atoms with Gasteiger partial charge in [-0.05, 0) is 77.0 Å². The third kappa shape index (κ3) is 80.8. The molecule has 0 saturated carbocycles. The maximum atomic E-state index is 8.42. The molecule has 0 aliphatic heterocycles. The van der Waals surface area contributed by atoms with Crippen LogP contribution >= 0.6 is 0 Å². The lowest BCUT2D eigenvalue weighted by atomic mass is 10.1. The Morgan fingerprint density at radius 2 is 0.260 bits per heavy atom. The highest BCUT2D eigenvalue weighted by Crippen LogP contribution is 2.17. The highest BCUT2D eigenvalue weighted by atomic mass is 16.5. The van der Waals surface area contributed by atoms with Crippen LogP contribution in [0.5, 0.6) is 0 Å². The lowest BCUT2D eigenvalue weighted by molar-refractivity contribution is -0.890. The molecule has 0 aromatic carbocycles. The standard InChI is InChI=1S/3C22H48N.BO3/c3*1-5-7-9-11-13-15-17-19-21-23(3,4)22-20-18-16-14-12-10-8-6-2;2-1(3)4/h3*5-22H2,1-4H3;/q3*+1;-3. The van der Waals surface area contributed by atoms with Gasteiger partial charge in [-0.2, -0.15) is 0 Å². The minimum Gasteiger partial charge on any atom is -0.907 e. The molecule has 0 radical (unpaired) electrons. The molecule has 0 heterocycles. The van der Waals surface area contributed by atoms with Crippen molar-refractivity contribution in [3.63, 3.8) is 0 Å². The lowest BCUT2D eigenvalue weighted by Gasteiger charge is -2.35. The molecule has 0 atom stereocenters. The maximum absolute atomic E-state index is 8.42. The summed E-state index contributed by atoms with van der Waals surface area (Å²) in [5.41, 5.74) is 0. The Labute approximate surface area is 465 Å². The summed E-state index contributed by atoms with van der Waals surface area (Å²) < 4.78 is 3.73. The van der Waals surface area contributed by atoms with E-state index in [1.165, 1.54) is 361 Å². The first-order chi connectivity index (χ1) is 35.1. The summed E-state index contributed by atoms with van der Waals surface area (Å²) in [7, 11) is 11.7. The number of rotatable bonds is 54. The molecule has 0 fully saturated rings. The Morgan fingerprint density at radius 3 is 0.356 bits per heavy atom. The molecule has 73 heavy (non-hydrogen) atoms. The second-order valence-electron chi connectivity index (χ2n) is 25.3. The molecule has 0 rings (SSSR count). The third-order valence-corrected chi connectivity index (χ3v) is 15.7. The second kappa shape index (κ2) is 64.4. The summed E-state index contributed by atoms with van der Waals surface area (Å²) in [6.07, 6.45) is 69.1. The third-order valence-electron chi connectivity index (χ3n) is 15.7. The van der Waals surface area contributed by atoms with E-state index in [2.05, 4.69) is 83.8 Å². The predicted octanol–water partition coefficient (Wildman–Crippen LogP) is 18.1. The Morgan fingerprint density at radius 1 is 0.178 bits per heavy atom. The van der Waals surface area contributed by atoms with Gasteiger partial charge in [0.05, 0.1) is 81.6 Å². The van der Waals surface area contributed by atoms with Gasteiger partial charge in [-0.3, -0.25) is 7.32 Å². The average Bonchev–Trinajstić information content (AvgIpc) is 3.34. The molecule has 0 unspecified atom stereocenters. The molecular formula is C66H144BN3O3. The Balaban J connectivity index is -0.000000470. The van der Waals surface area contributed by atoms with E-state index in [1.807, 2.05) is 0 Å². The van der Waals surface area contributed by atoms with E-state index in [9.17, 15) is 0 Å². The fraction of sp³-hybridized carbons (Fsp3) is 1.00. The van der Waals surface area contributed by atoms with Crippen LogP contribution in [-0.4, -0.2) is 102 Å². The van der Waals surface area contributed by atoms with E-state index >= 15 is 0 Å². The first kappa shape index (κ1) is 79.3. The van der Waals surface area contributed by atoms with Gasteiger partial charge in [0.25, 0.3) is 0 Å². The lowest BCUT2D eigenvalue weighted by Crippen LogP contribution is -2.56. The average molecular weight is 1040 g/mol. The molecule has 0 aromatic rings. The number of nitrogens with zero attached hydrogens (tertiary/aromatic N) is 3. The quantitative estimate of drug-likeness (QED) is 0.0346. The van der Waals surface area contributed by atoms with E-state index in [0.717, 1.165) is 0 Å². The zero-order valence-electron chi connectivity index (χ0n) is 53.3. The smallest absolute Gasteiger partial charge is 0.0782 e. The molecule has 7 heteroatoms. The van der Waals surface area contributed by atoms with E-state index in [4.69, 9.17) is 15.1 Å². The van der Waals surface area contributed by atoms with Crippen LogP contribution in [0.15, 0.2) is 0 Å². The van der Waals surface area contributed by atoms with Crippen LogP contribution in [0.25, 0.3) is 0 Å². The summed E-state index contributed by atoms with van der Waals surface area (Å²) in [4.78, 5) is 0. The SMILES string of the molecule is CCCCCCCCCC[N+](C)(C)CCCCCCCCCC.CCCCCCCCCC[N+](C)(C)CCCCCCCCCC.CCCCCCCCCC[N+](C)(C)CCCCCCCCCC.[O-]B([O-])[O-]. The molecule has 0 N–H and O–H groups in total. The minimum atomic E-state index is -2.92. The monoisotopic (exact) mass is 1040 g/mol. The summed E-state index contributed by atoms with van der Waals surface area (Å²) in [5.74, 6) is 0. The number of quaternary nitrogens is 3. The van der Waals surface area contributed by atoms with Crippen LogP contribution in [0.3, 0.4) is 0 Å². The van der Waals surface area contributed by atoms with Crippen LogP contribution < -0.4 is 15.1 Å². The van der Waals surface area contributed by atoms with Crippen molar-refractivity contribution in [1.29, 1.82) is 0 Å². The zero-order valence-corrected chi connectivity index (χ0v) is 53.3. The molecule has 0 aliphatic carbocycles. The number of unbranched alkanes of at least 4 members (excludes halogenated alkanes) is 42. The molecule has 0 amide bonds. The van der Waals surface area contributed by atoms with E-state index in [1.54, 1.807) is 0 Å². The fourth-order valence-corrected chi connectivity index (χ4v) is 10.4. The van der Waals surface area contributed by atoms with Gasteiger partial charge in [-0.25, -0.2) is 0 Å². The highest BCUT2D eigenvalue weighted by molar-refractivity contribution is 6.24. The van der Waals surface area contributed by atoms with Crippen LogP contribution in [0, 0.1) is 0 Å². The van der Waals surface area contributed by atoms with Gasteiger partial charge < -0.3 is 28.5 Å². The Kier molecular flexibility index (Phi) is 69.9. The van der Waals surface area contributed by atoms with E-state index < -0.39 is 7.32 Å². The topological polar surface area (TPSA) is 69.2 Å². The summed E-state index contributed by atoms with van der Waals surface area (Å²) in [6.45, 7) is 22.1. The van der Waals surface area contributed by atoms with Crippen LogP contribution in [0.4, 0.5) is 0 Å². The molecule has 6 nitrogen and oxygen atoms in total. The van der Waals surface area contributed by atoms with Crippen molar-refractivity contribution in [3.8, 4) is 0 Å². The zero-order chi connectivity index (χ0) is 55.3. The van der Waals surface area contributed by atoms with Crippen molar-refractivity contribution in [3.05, 3.63) is 0 Å². The minimum absolute atomic E-state index is 1.24. The highest BCUT2D eigenvalue weighted by Gasteiger charge is 2.16. The maximum Gasteiger partial charge on any atom is 0.0782 e. The first-order valence-electron chi connectivity index (χ1n) is 33.5. The van der Waals surface area contributed by atoms with Crippen LogP contribution in [0.1, 0.15) is 350 Å². The van der Waals surface area contributed by atoms with Crippen LogP contribution in [-0.2, 0) is 0 Å². The van der Waals surface area contributed by atoms with Gasteiger partial charge in [0.15, 0.2) is 0 Å². The van der Waals surface area contributed by atoms with Crippen molar-refractivity contribution in [2.45, 2.75) is 350 Å². The van der Waals surface area contributed by atoms with Gasteiger partial charge in [0, 0.05) is 0 Å². The molecule has 444 valence electrons. The van der Waals surface area contributed by atoms with Crippen molar-refractivity contribution in [1.82, 2.24) is 0 Å². The van der Waals surface area contributed by atoms with Crippen LogP contribution in [0.2, 0.25) is 0 Å². The predicted molar refractivity (Wildman–Crippen MR) is 327 cm³/mol. The summed E-state index contributed by atoms with van der Waals surface area (Å²) in [6, 6.07) is 0. The largest absolute Gasteiger partial charge is 0.907 e. The van der Waals surface area contributed by atoms with Crippen molar-refractivity contribution >= 4 is 7.32 Å². The molecule has 0 aliphatic rings. The fourth-order valence-electron chi connectivity index (χ4n) is 10.4. The van der Waals surface area contributed by atoms with Crippen molar-refractivity contribution in [2.75, 3.05) is 81.6 Å². The Bertz CT molecular complexity index is 781. The first-order valence-corrected chi connectivity index (χ1v) is 33.5. The second-order valence-corrected chi connectivity index (χ2v) is 25.3. The van der Waals surface area contributed by atoms with Gasteiger partial charge >= 0.3 is 0 Å². The molecular weight excluding hydrogens is 894 g/mol. The van der Waals surface area contributed by atoms with Gasteiger partial charge in [-0.15, -0.1) is 0 Å². The number of hydrogen-bond acceptors (Lipinski definition) is 3. The molecule has 0 saturated heterocycles. The van der Waals surface area contributed by atoms with Gasteiger partial charge in [0.1, 0.15) is 0 Å². The normalized spacial score (nSPS) is 11.7. The number of hydrogen-bond donors (Lipinski definition) is 0. The summed E-state index contributed by atoms with van der Waals surface area (Å²) in [5, 5.41) is 25.2. The van der Waals surface area contributed by atoms with E-state index in [0.29, 0.717) is 0 Å². The van der Waals surface area contributed by atoms with Crippen molar-refractivity contribution in [2.24, 2.45) is 0 Å². The van der Waals surface area contributed by atoms with Crippen molar-refractivity contribution < 1.29 is 28.5 Å².